The van der Waals surface area contributed by atoms with Gasteiger partial charge in [0, 0.05) is 34.0 Å². The second-order valence-corrected chi connectivity index (χ2v) is 24.0. The van der Waals surface area contributed by atoms with Gasteiger partial charge in [-0.15, -0.1) is 0 Å². The minimum atomic E-state index is -0.342. The summed E-state index contributed by atoms with van der Waals surface area (Å²) in [6.45, 7) is 26.8. The second kappa shape index (κ2) is 18.9. The lowest BCUT2D eigenvalue weighted by atomic mass is 9.78. The molecule has 3 heterocycles. The van der Waals surface area contributed by atoms with Gasteiger partial charge in [0.1, 0.15) is 17.1 Å². The maximum atomic E-state index is 12.6. The Morgan fingerprint density at radius 2 is 0.919 bits per heavy atom. The first-order valence-corrected chi connectivity index (χ1v) is 26.0. The summed E-state index contributed by atoms with van der Waals surface area (Å²) in [4.78, 5) is 15.7. The summed E-state index contributed by atoms with van der Waals surface area (Å²) in [5, 5.41) is 12.6. The minimum Gasteiger partial charge on any atom is -0.507 e. The molecule has 0 bridgehead atoms. The number of rotatable bonds is 8. The van der Waals surface area contributed by atoms with E-state index in [1.165, 1.54) is 5.56 Å². The highest BCUT2D eigenvalue weighted by Crippen LogP contribution is 2.47. The third-order valence-corrected chi connectivity index (χ3v) is 14.4. The molecule has 5 nitrogen and oxygen atoms in total. The molecule has 5 heteroatoms. The zero-order valence-electron chi connectivity index (χ0n) is 45.1. The van der Waals surface area contributed by atoms with Crippen LogP contribution in [0.5, 0.6) is 5.75 Å². The molecule has 0 aliphatic carbocycles. The number of phenolic OH excluding ortho intramolecular Hbond substituents is 1. The molecule has 0 saturated carbocycles. The lowest BCUT2D eigenvalue weighted by Gasteiger charge is -2.28. The molecule has 0 radical (unpaired) electrons. The number of nitrogens with zero attached hydrogens (tertiary/aromatic N) is 4. The van der Waals surface area contributed by atoms with E-state index in [9.17, 15) is 5.11 Å². The Balaban J connectivity index is 1.30. The fraction of sp³-hybridized carbons (Fsp3) is 0.232. The van der Waals surface area contributed by atoms with Crippen molar-refractivity contribution in [3.05, 3.63) is 211 Å². The van der Waals surface area contributed by atoms with Gasteiger partial charge in [0.05, 0.1) is 28.8 Å². The largest absolute Gasteiger partial charge is 0.507 e. The average Bonchev–Trinajstić information content (AvgIpc) is 3.77. The van der Waals surface area contributed by atoms with Crippen molar-refractivity contribution in [2.75, 3.05) is 0 Å². The molecule has 0 aliphatic heterocycles. The molecule has 3 aromatic heterocycles. The van der Waals surface area contributed by atoms with Crippen LogP contribution in [0.3, 0.4) is 0 Å². The number of benzene rings is 7. The molecule has 0 atom stereocenters. The summed E-state index contributed by atoms with van der Waals surface area (Å²) in [6, 6.07) is 63.2. The first-order chi connectivity index (χ1) is 35.1. The second-order valence-electron chi connectivity index (χ2n) is 24.0. The standard InChI is InChI=1S/C69H68N4O/c1-66(2,3)50-31-32-61(55(40-50)46-27-20-15-21-28-46)73-62-33-34-70-43-60(62)72-65(73)49-35-47(36-51(37-49)67(4,5)6)58-38-48(39-59(71-58)56-41-52(68(7,8)9)42-57(64(56)74)69(10,11)12)63-53(44-23-16-13-17-24-44)29-22-30-54(63)45-25-18-14-19-26-45/h13-43,74H,1-12H3. The molecule has 0 aliphatic rings. The molecule has 0 amide bonds. The molecule has 74 heavy (non-hydrogen) atoms. The SMILES string of the molecule is CC(C)(C)c1cc(-c2cc(-c3c(-c4ccccc4)cccc3-c3ccccc3)cc(-c3cc(C(C)(C)C)cc(C(C)(C)C)c3O)n2)cc(-c2nc3cnccc3n2-c2ccc(C(C)(C)C)cc2-c2ccccc2)c1. The molecule has 10 aromatic rings. The van der Waals surface area contributed by atoms with E-state index in [0.29, 0.717) is 11.3 Å². The number of fused-ring (bicyclic) bond motifs is 1. The van der Waals surface area contributed by atoms with E-state index in [4.69, 9.17) is 9.97 Å². The molecule has 0 unspecified atom stereocenters. The van der Waals surface area contributed by atoms with Crippen LogP contribution in [0.2, 0.25) is 0 Å². The smallest absolute Gasteiger partial charge is 0.145 e. The van der Waals surface area contributed by atoms with Gasteiger partial charge in [0.25, 0.3) is 0 Å². The number of phenols is 1. The zero-order chi connectivity index (χ0) is 52.3. The Labute approximate surface area is 438 Å². The van der Waals surface area contributed by atoms with Crippen molar-refractivity contribution in [2.24, 2.45) is 0 Å². The fourth-order valence-corrected chi connectivity index (χ4v) is 10.1. The minimum absolute atomic E-state index is 0.0647. The maximum Gasteiger partial charge on any atom is 0.145 e. The predicted octanol–water partition coefficient (Wildman–Crippen LogP) is 18.4. The molecule has 0 saturated heterocycles. The normalized spacial score (nSPS) is 12.4. The fourth-order valence-electron chi connectivity index (χ4n) is 10.1. The van der Waals surface area contributed by atoms with E-state index in [-0.39, 0.29) is 27.4 Å². The molecular formula is C69H68N4O. The van der Waals surface area contributed by atoms with Gasteiger partial charge in [0.2, 0.25) is 0 Å². The summed E-state index contributed by atoms with van der Waals surface area (Å²) in [5.41, 5.74) is 19.2. The van der Waals surface area contributed by atoms with Crippen molar-refractivity contribution >= 4 is 11.0 Å². The Bertz CT molecular complexity index is 3630. The number of hydrogen-bond donors (Lipinski definition) is 1. The van der Waals surface area contributed by atoms with E-state index in [1.807, 2.05) is 12.4 Å². The zero-order valence-corrected chi connectivity index (χ0v) is 45.1. The van der Waals surface area contributed by atoms with Crippen molar-refractivity contribution in [1.29, 1.82) is 0 Å². The van der Waals surface area contributed by atoms with Gasteiger partial charge in [-0.1, -0.05) is 204 Å². The number of aromatic hydroxyl groups is 1. The third-order valence-electron chi connectivity index (χ3n) is 14.4. The van der Waals surface area contributed by atoms with Gasteiger partial charge < -0.3 is 5.11 Å². The quantitative estimate of drug-likeness (QED) is 0.165. The topological polar surface area (TPSA) is 63.8 Å². The Morgan fingerprint density at radius 3 is 1.49 bits per heavy atom. The number of hydrogen-bond acceptors (Lipinski definition) is 4. The van der Waals surface area contributed by atoms with Gasteiger partial charge in [-0.2, -0.15) is 0 Å². The van der Waals surface area contributed by atoms with Crippen molar-refractivity contribution < 1.29 is 5.11 Å². The van der Waals surface area contributed by atoms with E-state index < -0.39 is 0 Å². The lowest BCUT2D eigenvalue weighted by Crippen LogP contribution is -2.17. The van der Waals surface area contributed by atoms with Crippen LogP contribution in [0.25, 0.3) is 95.1 Å². The summed E-state index contributed by atoms with van der Waals surface area (Å²) >= 11 is 0. The van der Waals surface area contributed by atoms with Crippen molar-refractivity contribution in [3.8, 4) is 89.8 Å². The first-order valence-electron chi connectivity index (χ1n) is 26.0. The summed E-state index contributed by atoms with van der Waals surface area (Å²) in [7, 11) is 0. The van der Waals surface area contributed by atoms with Crippen LogP contribution >= 0.6 is 0 Å². The van der Waals surface area contributed by atoms with Crippen molar-refractivity contribution in [3.63, 3.8) is 0 Å². The number of imidazole rings is 1. The van der Waals surface area contributed by atoms with Crippen LogP contribution in [-0.2, 0) is 21.7 Å². The number of pyridine rings is 2. The highest BCUT2D eigenvalue weighted by molar-refractivity contribution is 5.97. The van der Waals surface area contributed by atoms with E-state index in [1.54, 1.807) is 0 Å². The lowest BCUT2D eigenvalue weighted by molar-refractivity contribution is 0.446. The highest BCUT2D eigenvalue weighted by Gasteiger charge is 2.29. The highest BCUT2D eigenvalue weighted by atomic mass is 16.3. The molecule has 7 aromatic carbocycles. The van der Waals surface area contributed by atoms with Crippen LogP contribution in [0, 0.1) is 0 Å². The molecular weight excluding hydrogens is 901 g/mol. The van der Waals surface area contributed by atoms with Gasteiger partial charge in [0.15, 0.2) is 0 Å². The van der Waals surface area contributed by atoms with Crippen LogP contribution in [0.4, 0.5) is 0 Å². The monoisotopic (exact) mass is 969 g/mol. The van der Waals surface area contributed by atoms with Crippen LogP contribution < -0.4 is 0 Å². The summed E-state index contributed by atoms with van der Waals surface area (Å²) in [5.74, 6) is 1.06. The van der Waals surface area contributed by atoms with Gasteiger partial charge in [-0.25, -0.2) is 9.97 Å². The predicted molar refractivity (Wildman–Crippen MR) is 311 cm³/mol. The molecule has 1 N–H and O–H groups in total. The average molecular weight is 969 g/mol. The van der Waals surface area contributed by atoms with Gasteiger partial charge in [-0.05, 0) is 132 Å². The van der Waals surface area contributed by atoms with E-state index >= 15 is 0 Å². The molecule has 370 valence electrons. The van der Waals surface area contributed by atoms with Crippen LogP contribution in [0.1, 0.15) is 105 Å². The summed E-state index contributed by atoms with van der Waals surface area (Å²) < 4.78 is 2.32. The van der Waals surface area contributed by atoms with Gasteiger partial charge >= 0.3 is 0 Å². The van der Waals surface area contributed by atoms with Gasteiger partial charge in [-0.3, -0.25) is 9.55 Å². The Hall–Kier alpha value is -7.89. The van der Waals surface area contributed by atoms with Crippen molar-refractivity contribution in [2.45, 2.75) is 105 Å². The Morgan fingerprint density at radius 1 is 0.392 bits per heavy atom. The van der Waals surface area contributed by atoms with Crippen LogP contribution in [-0.4, -0.2) is 24.6 Å². The molecule has 10 rings (SSSR count). The van der Waals surface area contributed by atoms with Crippen LogP contribution in [0.15, 0.2) is 188 Å². The van der Waals surface area contributed by atoms with Crippen molar-refractivity contribution in [1.82, 2.24) is 19.5 Å². The molecule has 0 spiro atoms. The summed E-state index contributed by atoms with van der Waals surface area (Å²) in [6.07, 6.45) is 3.72. The van der Waals surface area contributed by atoms with E-state index in [0.717, 1.165) is 101 Å². The molecule has 0 fully saturated rings. The van der Waals surface area contributed by atoms with E-state index in [2.05, 4.69) is 269 Å². The Kier molecular flexibility index (Phi) is 12.7. The first kappa shape index (κ1) is 49.7. The number of aromatic nitrogens is 4. The third kappa shape index (κ3) is 9.72. The maximum absolute atomic E-state index is 12.6.